The van der Waals surface area contributed by atoms with Gasteiger partial charge in [0.2, 0.25) is 0 Å². The summed E-state index contributed by atoms with van der Waals surface area (Å²) < 4.78 is 0. The lowest BCUT2D eigenvalue weighted by molar-refractivity contribution is 0.146. The third-order valence-electron chi connectivity index (χ3n) is 6.13. The second-order valence-corrected chi connectivity index (χ2v) is 8.47. The molecule has 166 valence electrons. The predicted molar refractivity (Wildman–Crippen MR) is 122 cm³/mol. The highest BCUT2D eigenvalue weighted by Crippen LogP contribution is 2.27. The molecule has 0 saturated heterocycles. The molecule has 0 bridgehead atoms. The fourth-order valence-electron chi connectivity index (χ4n) is 3.97. The van der Waals surface area contributed by atoms with Gasteiger partial charge in [-0.25, -0.2) is 0 Å². The average molecular weight is 408 g/mol. The van der Waals surface area contributed by atoms with Crippen molar-refractivity contribution in [3.8, 4) is 0 Å². The molecule has 0 aromatic carbocycles. The summed E-state index contributed by atoms with van der Waals surface area (Å²) in [6.45, 7) is 4.67. The highest BCUT2D eigenvalue weighted by atomic mass is 35.5. The minimum absolute atomic E-state index is 0. The quantitative estimate of drug-likeness (QED) is 0.205. The maximum Gasteiger partial charge on any atom is 0.0448 e. The molecular formula is C23H50ClNO2. The zero-order valence-corrected chi connectivity index (χ0v) is 19.2. The molecule has 0 aliphatic rings. The second kappa shape index (κ2) is 20.9. The van der Waals surface area contributed by atoms with Crippen LogP contribution >= 0.6 is 12.4 Å². The zero-order chi connectivity index (χ0) is 19.5. The van der Waals surface area contributed by atoms with Crippen molar-refractivity contribution in [2.45, 2.75) is 129 Å². The Morgan fingerprint density at radius 2 is 1.00 bits per heavy atom. The van der Waals surface area contributed by atoms with Gasteiger partial charge in [0, 0.05) is 18.8 Å². The number of rotatable bonds is 20. The summed E-state index contributed by atoms with van der Waals surface area (Å²) in [4.78, 5) is 0. The van der Waals surface area contributed by atoms with Crippen LogP contribution < -0.4 is 5.73 Å². The van der Waals surface area contributed by atoms with Crippen LogP contribution in [0.2, 0.25) is 0 Å². The molecule has 0 rings (SSSR count). The van der Waals surface area contributed by atoms with E-state index < -0.39 is 5.54 Å². The molecule has 0 spiro atoms. The summed E-state index contributed by atoms with van der Waals surface area (Å²) in [6.07, 6.45) is 21.6. The van der Waals surface area contributed by atoms with Gasteiger partial charge in [-0.3, -0.25) is 0 Å². The van der Waals surface area contributed by atoms with Gasteiger partial charge in [-0.1, -0.05) is 104 Å². The van der Waals surface area contributed by atoms with Crippen molar-refractivity contribution < 1.29 is 10.2 Å². The van der Waals surface area contributed by atoms with E-state index in [1.807, 2.05) is 0 Å². The first-order valence-corrected chi connectivity index (χ1v) is 11.6. The van der Waals surface area contributed by atoms with Crippen molar-refractivity contribution in [2.24, 2.45) is 11.7 Å². The fraction of sp³-hybridized carbons (Fsp3) is 1.00. The Bertz CT molecular complexity index is 284. The number of hydrogen-bond acceptors (Lipinski definition) is 3. The van der Waals surface area contributed by atoms with Crippen LogP contribution in [0.1, 0.15) is 123 Å². The fourth-order valence-corrected chi connectivity index (χ4v) is 3.97. The van der Waals surface area contributed by atoms with E-state index in [2.05, 4.69) is 13.8 Å². The largest absolute Gasteiger partial charge is 0.396 e. The first-order valence-electron chi connectivity index (χ1n) is 11.6. The van der Waals surface area contributed by atoms with Crippen LogP contribution in [0, 0.1) is 5.92 Å². The average Bonchev–Trinajstić information content (AvgIpc) is 2.62. The molecule has 1 atom stereocenters. The van der Waals surface area contributed by atoms with Crippen LogP contribution in [0.3, 0.4) is 0 Å². The molecular weight excluding hydrogens is 358 g/mol. The van der Waals surface area contributed by atoms with Crippen LogP contribution in [0.25, 0.3) is 0 Å². The number of unbranched alkanes of at least 4 members (excludes halogenated alkanes) is 13. The Labute approximate surface area is 176 Å². The summed E-state index contributed by atoms with van der Waals surface area (Å²) in [5.41, 5.74) is 5.99. The van der Waals surface area contributed by atoms with E-state index in [0.29, 0.717) is 18.8 Å². The van der Waals surface area contributed by atoms with E-state index in [9.17, 15) is 10.2 Å². The van der Waals surface area contributed by atoms with Gasteiger partial charge in [0.1, 0.15) is 0 Å². The molecule has 0 amide bonds. The smallest absolute Gasteiger partial charge is 0.0448 e. The van der Waals surface area contributed by atoms with Crippen molar-refractivity contribution >= 4 is 12.4 Å². The molecule has 0 saturated carbocycles. The van der Waals surface area contributed by atoms with Gasteiger partial charge in [0.15, 0.2) is 0 Å². The predicted octanol–water partition coefficient (Wildman–Crippen LogP) is 6.38. The molecule has 0 heterocycles. The third kappa shape index (κ3) is 16.8. The molecule has 27 heavy (non-hydrogen) atoms. The lowest BCUT2D eigenvalue weighted by atomic mass is 9.78. The summed E-state index contributed by atoms with van der Waals surface area (Å²) in [7, 11) is 0. The number of aliphatic hydroxyl groups is 2. The summed E-state index contributed by atoms with van der Waals surface area (Å²) in [6, 6.07) is 0. The Kier molecular flexibility index (Phi) is 22.7. The highest BCUT2D eigenvalue weighted by molar-refractivity contribution is 5.85. The normalized spacial score (nSPS) is 12.8. The van der Waals surface area contributed by atoms with Crippen LogP contribution in [-0.4, -0.2) is 29.0 Å². The lowest BCUT2D eigenvalue weighted by Crippen LogP contribution is -2.47. The van der Waals surface area contributed by atoms with E-state index in [1.54, 1.807) is 0 Å². The standard InChI is InChI=1S/C23H49NO2.ClH/c1-3-4-5-6-7-8-9-10-11-12-13-14-15-16-17-22(2)23(24,18-20-25)19-21-26;/h22,25-26H,3-21,24H2,1-2H3;1H. The molecule has 0 aromatic heterocycles. The van der Waals surface area contributed by atoms with E-state index >= 15 is 0 Å². The Balaban J connectivity index is 0. The Morgan fingerprint density at radius 3 is 1.33 bits per heavy atom. The molecule has 0 aliphatic carbocycles. The van der Waals surface area contributed by atoms with Gasteiger partial charge in [-0.2, -0.15) is 0 Å². The van der Waals surface area contributed by atoms with Gasteiger partial charge >= 0.3 is 0 Å². The van der Waals surface area contributed by atoms with Crippen LogP contribution in [0.4, 0.5) is 0 Å². The van der Waals surface area contributed by atoms with Crippen molar-refractivity contribution in [1.29, 1.82) is 0 Å². The second-order valence-electron chi connectivity index (χ2n) is 8.47. The van der Waals surface area contributed by atoms with E-state index in [-0.39, 0.29) is 25.6 Å². The summed E-state index contributed by atoms with van der Waals surface area (Å²) in [5, 5.41) is 18.4. The number of nitrogens with two attached hydrogens (primary N) is 1. The number of aliphatic hydroxyl groups excluding tert-OH is 2. The number of halogens is 1. The first-order chi connectivity index (χ1) is 12.6. The van der Waals surface area contributed by atoms with E-state index in [1.165, 1.54) is 89.9 Å². The Morgan fingerprint density at radius 1 is 0.667 bits per heavy atom. The topological polar surface area (TPSA) is 66.5 Å². The minimum atomic E-state index is -0.403. The molecule has 0 radical (unpaired) electrons. The maximum absolute atomic E-state index is 9.21. The van der Waals surface area contributed by atoms with Gasteiger partial charge in [0.25, 0.3) is 0 Å². The third-order valence-corrected chi connectivity index (χ3v) is 6.13. The molecule has 4 N–H and O–H groups in total. The molecule has 3 nitrogen and oxygen atoms in total. The number of hydrogen-bond donors (Lipinski definition) is 3. The maximum atomic E-state index is 9.21. The van der Waals surface area contributed by atoms with Crippen molar-refractivity contribution in [1.82, 2.24) is 0 Å². The highest BCUT2D eigenvalue weighted by Gasteiger charge is 2.30. The monoisotopic (exact) mass is 407 g/mol. The first kappa shape index (κ1) is 29.4. The van der Waals surface area contributed by atoms with Gasteiger partial charge < -0.3 is 15.9 Å². The molecule has 1 unspecified atom stereocenters. The summed E-state index contributed by atoms with van der Waals surface area (Å²) >= 11 is 0. The van der Waals surface area contributed by atoms with Crippen LogP contribution in [0.15, 0.2) is 0 Å². The SMILES string of the molecule is CCCCCCCCCCCCCCCCC(C)C(N)(CCO)CCO.Cl. The molecule has 0 aliphatic heterocycles. The van der Waals surface area contributed by atoms with Crippen molar-refractivity contribution in [2.75, 3.05) is 13.2 Å². The van der Waals surface area contributed by atoms with Gasteiger partial charge in [-0.15, -0.1) is 12.4 Å². The minimum Gasteiger partial charge on any atom is -0.396 e. The molecule has 0 aromatic rings. The van der Waals surface area contributed by atoms with Gasteiger partial charge in [0.05, 0.1) is 0 Å². The lowest BCUT2D eigenvalue weighted by Gasteiger charge is -2.35. The van der Waals surface area contributed by atoms with E-state index in [0.717, 1.165) is 6.42 Å². The van der Waals surface area contributed by atoms with E-state index in [4.69, 9.17) is 5.73 Å². The molecule has 0 fully saturated rings. The summed E-state index contributed by atoms with van der Waals surface area (Å²) in [5.74, 6) is 0.360. The molecule has 4 heteroatoms. The van der Waals surface area contributed by atoms with Crippen LogP contribution in [0.5, 0.6) is 0 Å². The van der Waals surface area contributed by atoms with Crippen LogP contribution in [-0.2, 0) is 0 Å². The van der Waals surface area contributed by atoms with Crippen molar-refractivity contribution in [3.05, 3.63) is 0 Å². The zero-order valence-electron chi connectivity index (χ0n) is 18.4. The Hall–Kier alpha value is 0.170. The van der Waals surface area contributed by atoms with Gasteiger partial charge in [-0.05, 0) is 25.2 Å². The van der Waals surface area contributed by atoms with Crippen molar-refractivity contribution in [3.63, 3.8) is 0 Å².